The molecule has 0 aromatic heterocycles. The number of hydrogen-bond acceptors (Lipinski definition) is 10. The molecule has 4 unspecified atom stereocenters. The molecule has 10 nitrogen and oxygen atoms in total. The van der Waals surface area contributed by atoms with E-state index in [1.54, 1.807) is 49.4 Å². The molecule has 2 aromatic rings. The quantitative estimate of drug-likeness (QED) is 0.0945. The fourth-order valence-electron chi connectivity index (χ4n) is 3.72. The third-order valence-corrected chi connectivity index (χ3v) is 12.0. The summed E-state index contributed by atoms with van der Waals surface area (Å²) in [5.41, 5.74) is 5.05. The van der Waals surface area contributed by atoms with Gasteiger partial charge in [0.05, 0.1) is 32.6 Å². The Morgan fingerprint density at radius 3 is 2.12 bits per heavy atom. The zero-order valence-corrected chi connectivity index (χ0v) is 28.1. The number of hydrazone groups is 1. The average Bonchev–Trinajstić information content (AvgIpc) is 3.00. The lowest BCUT2D eigenvalue weighted by Crippen LogP contribution is -2.34. The summed E-state index contributed by atoms with van der Waals surface area (Å²) in [7, 11) is 2.31. The van der Waals surface area contributed by atoms with Crippen LogP contribution in [0.15, 0.2) is 65.8 Å². The molecule has 222 valence electrons. The van der Waals surface area contributed by atoms with Crippen molar-refractivity contribution in [1.82, 2.24) is 15.0 Å². The van der Waals surface area contributed by atoms with Crippen molar-refractivity contribution in [2.24, 2.45) is 11.0 Å². The van der Waals surface area contributed by atoms with Crippen LogP contribution in [0.25, 0.3) is 0 Å². The van der Waals surface area contributed by atoms with E-state index in [4.69, 9.17) is 46.4 Å². The van der Waals surface area contributed by atoms with Crippen LogP contribution in [0.4, 0.5) is 0 Å². The molecule has 0 amide bonds. The summed E-state index contributed by atoms with van der Waals surface area (Å²) in [6.45, 7) is 0.803. The molecule has 4 atom stereocenters. The third-order valence-electron chi connectivity index (χ3n) is 6.26. The van der Waals surface area contributed by atoms with Gasteiger partial charge in [-0.3, -0.25) is 13.6 Å². The van der Waals surface area contributed by atoms with Crippen LogP contribution in [0.3, 0.4) is 0 Å². The molecule has 0 saturated carbocycles. The molecule has 15 heteroatoms. The molecule has 3 rings (SSSR count). The average molecular weight is 659 g/mol. The molecule has 1 N–H and O–H groups in total. The lowest BCUT2D eigenvalue weighted by molar-refractivity contribution is 0.121. The van der Waals surface area contributed by atoms with Gasteiger partial charge >= 0.3 is 21.7 Å². The van der Waals surface area contributed by atoms with Crippen LogP contribution in [0.2, 0.25) is 0 Å². The summed E-state index contributed by atoms with van der Waals surface area (Å²) in [6, 6.07) is 14.7. The van der Waals surface area contributed by atoms with Crippen LogP contribution < -0.4 is 14.5 Å². The Bertz CT molecular complexity index is 1260. The van der Waals surface area contributed by atoms with Gasteiger partial charge in [0.25, 0.3) is 0 Å². The minimum atomic E-state index is -3.13. The van der Waals surface area contributed by atoms with Gasteiger partial charge in [0.1, 0.15) is 0 Å². The Balaban J connectivity index is 1.44. The van der Waals surface area contributed by atoms with Crippen molar-refractivity contribution in [3.8, 4) is 11.5 Å². The molecule has 0 fully saturated rings. The molecular weight excluding hydrogens is 621 g/mol. The standard InChI is InChI=1S/C26H37N4O6P3S2/c1-29(27-18-21-6-12-24(32-3)13-7-21)37(40)35-25-14-8-22(9-15-25)19-28-30(2)38(41)36-26-16-10-23(11-17-26)20-39(31,33-4)34-5/h6,8-12,14-17,19,21,24,27H,7,13,18,20H2,1-5H3/q+2/b28-19-. The number of methoxy groups -OCH3 is 1. The van der Waals surface area contributed by atoms with E-state index in [-0.39, 0.29) is 12.3 Å². The molecular formula is C26H37N4O6P3S2+2. The van der Waals surface area contributed by atoms with Gasteiger partial charge in [-0.2, -0.15) is 0 Å². The fourth-order valence-corrected chi connectivity index (χ4v) is 6.78. The monoisotopic (exact) mass is 658 g/mol. The second kappa shape index (κ2) is 16.8. The largest absolute Gasteiger partial charge is 0.540 e. The topological polar surface area (TPSA) is 94.1 Å². The normalized spacial score (nSPS) is 18.0. The summed E-state index contributed by atoms with van der Waals surface area (Å²) < 4.78 is 43.0. The number of hydrogen-bond donors (Lipinski definition) is 1. The Kier molecular flexibility index (Phi) is 13.9. The number of nitrogens with one attached hydrogen (secondary N) is 1. The highest BCUT2D eigenvalue weighted by atomic mass is 32.4. The number of ether oxygens (including phenoxy) is 1. The van der Waals surface area contributed by atoms with Crippen molar-refractivity contribution in [2.45, 2.75) is 25.1 Å². The summed E-state index contributed by atoms with van der Waals surface area (Å²) in [5.74, 6) is 1.73. The van der Waals surface area contributed by atoms with Gasteiger partial charge in [0.2, 0.25) is 23.6 Å². The Morgan fingerprint density at radius 1 is 0.951 bits per heavy atom. The van der Waals surface area contributed by atoms with Crippen molar-refractivity contribution in [2.75, 3.05) is 42.0 Å². The molecule has 41 heavy (non-hydrogen) atoms. The number of rotatable bonds is 16. The SMILES string of the molecule is COC1C=CC(CNN(C)[P+](=S)Oc2ccc(/C=N\N(C)[P+](=S)Oc3ccc(CP(=O)(OC)OC)cc3)cc2)CC1. The lowest BCUT2D eigenvalue weighted by Gasteiger charge is -2.22. The third kappa shape index (κ3) is 11.2. The van der Waals surface area contributed by atoms with E-state index in [1.165, 1.54) is 14.2 Å². The van der Waals surface area contributed by atoms with Crippen LogP contribution in [-0.4, -0.2) is 63.8 Å². The lowest BCUT2D eigenvalue weighted by atomic mass is 9.94. The van der Waals surface area contributed by atoms with Gasteiger partial charge in [-0.05, 0) is 71.1 Å². The molecule has 0 saturated heterocycles. The first-order valence-corrected chi connectivity index (χ1v) is 19.0. The maximum Gasteiger partial charge on any atom is 0.540 e. The molecule has 0 spiro atoms. The highest BCUT2D eigenvalue weighted by Gasteiger charge is 2.25. The van der Waals surface area contributed by atoms with E-state index in [1.807, 2.05) is 36.1 Å². The van der Waals surface area contributed by atoms with E-state index >= 15 is 0 Å². The van der Waals surface area contributed by atoms with Gasteiger partial charge in [-0.25, -0.2) is 5.43 Å². The van der Waals surface area contributed by atoms with Crippen LogP contribution in [0, 0.1) is 5.92 Å². The van der Waals surface area contributed by atoms with Crippen molar-refractivity contribution >= 4 is 51.6 Å². The van der Waals surface area contributed by atoms with Crippen molar-refractivity contribution in [3.05, 3.63) is 71.8 Å². The van der Waals surface area contributed by atoms with Crippen molar-refractivity contribution < 1.29 is 27.4 Å². The van der Waals surface area contributed by atoms with Crippen molar-refractivity contribution in [3.63, 3.8) is 0 Å². The Labute approximate surface area is 254 Å². The molecule has 1 aliphatic rings. The molecule has 0 radical (unpaired) electrons. The predicted octanol–water partition coefficient (Wildman–Crippen LogP) is 6.36. The van der Waals surface area contributed by atoms with Gasteiger partial charge < -0.3 is 13.8 Å². The van der Waals surface area contributed by atoms with Gasteiger partial charge in [0.15, 0.2) is 11.5 Å². The van der Waals surface area contributed by atoms with Crippen LogP contribution >= 0.6 is 21.7 Å². The summed E-state index contributed by atoms with van der Waals surface area (Å²) in [6.07, 6.45) is 8.54. The highest BCUT2D eigenvalue weighted by molar-refractivity contribution is 8.02. The van der Waals surface area contributed by atoms with E-state index in [9.17, 15) is 4.57 Å². The van der Waals surface area contributed by atoms with Gasteiger partial charge in [0, 0.05) is 27.9 Å². The minimum absolute atomic E-state index is 0.174. The first-order valence-electron chi connectivity index (χ1n) is 12.8. The molecule has 0 aliphatic heterocycles. The van der Waals surface area contributed by atoms with E-state index in [0.29, 0.717) is 17.4 Å². The second-order valence-electron chi connectivity index (χ2n) is 9.12. The molecule has 1 aliphatic carbocycles. The van der Waals surface area contributed by atoms with Gasteiger partial charge in [-0.1, -0.05) is 29.1 Å². The van der Waals surface area contributed by atoms with E-state index < -0.39 is 21.7 Å². The Hall–Kier alpha value is -1.68. The molecule has 0 bridgehead atoms. The number of nitrogens with zero attached hydrogens (tertiary/aromatic N) is 3. The second-order valence-corrected chi connectivity index (χ2v) is 15.8. The maximum atomic E-state index is 12.3. The summed E-state index contributed by atoms with van der Waals surface area (Å²) in [5, 5.41) is 4.43. The van der Waals surface area contributed by atoms with Gasteiger partial charge in [-0.15, -0.1) is 5.10 Å². The minimum Gasteiger partial charge on any atom is -0.377 e. The van der Waals surface area contributed by atoms with Crippen LogP contribution in [0.5, 0.6) is 11.5 Å². The van der Waals surface area contributed by atoms with Crippen LogP contribution in [0.1, 0.15) is 24.0 Å². The predicted molar refractivity (Wildman–Crippen MR) is 172 cm³/mol. The molecule has 0 heterocycles. The van der Waals surface area contributed by atoms with E-state index in [2.05, 4.69) is 22.7 Å². The zero-order valence-electron chi connectivity index (χ0n) is 23.8. The highest BCUT2D eigenvalue weighted by Crippen LogP contribution is 2.49. The van der Waals surface area contributed by atoms with Crippen molar-refractivity contribution in [1.29, 1.82) is 0 Å². The smallest absolute Gasteiger partial charge is 0.377 e. The molecule has 2 aromatic carbocycles. The number of hydrazine groups is 1. The summed E-state index contributed by atoms with van der Waals surface area (Å²) >= 11 is 11.1. The summed E-state index contributed by atoms with van der Waals surface area (Å²) in [4.78, 5) is 0. The zero-order chi connectivity index (χ0) is 29.8. The first-order chi connectivity index (χ1) is 19.6. The Morgan fingerprint density at radius 2 is 1.56 bits per heavy atom. The maximum absolute atomic E-state index is 12.3. The van der Waals surface area contributed by atoms with Crippen LogP contribution in [-0.2, 0) is 48.1 Å². The number of benzene rings is 2. The van der Waals surface area contributed by atoms with E-state index in [0.717, 1.165) is 30.5 Å². The first kappa shape index (κ1) is 33.8. The fraction of sp³-hybridized carbons (Fsp3) is 0.423.